The van der Waals surface area contributed by atoms with E-state index in [9.17, 15) is 14.0 Å². The summed E-state index contributed by atoms with van der Waals surface area (Å²) in [5.41, 5.74) is 3.64. The molecule has 2 heterocycles. The second kappa shape index (κ2) is 9.93. The molecule has 37 heavy (non-hydrogen) atoms. The first-order chi connectivity index (χ1) is 17.9. The summed E-state index contributed by atoms with van der Waals surface area (Å²) >= 11 is 0. The Morgan fingerprint density at radius 1 is 0.919 bits per heavy atom. The molecule has 4 aromatic rings. The zero-order valence-corrected chi connectivity index (χ0v) is 21.0. The van der Waals surface area contributed by atoms with Crippen molar-refractivity contribution in [3.63, 3.8) is 0 Å². The van der Waals surface area contributed by atoms with Crippen molar-refractivity contribution in [3.05, 3.63) is 114 Å². The summed E-state index contributed by atoms with van der Waals surface area (Å²) in [5, 5.41) is 0. The van der Waals surface area contributed by atoms with Crippen molar-refractivity contribution in [2.75, 3.05) is 18.6 Å². The summed E-state index contributed by atoms with van der Waals surface area (Å²) in [6.45, 7) is 3.63. The summed E-state index contributed by atoms with van der Waals surface area (Å²) < 4.78 is 21.3. The second-order valence-corrected chi connectivity index (χ2v) is 9.24. The molecule has 188 valence electrons. The van der Waals surface area contributed by atoms with Gasteiger partial charge in [-0.3, -0.25) is 14.5 Å². The number of halogens is 1. The lowest BCUT2D eigenvalue weighted by molar-refractivity contribution is -0.120. The van der Waals surface area contributed by atoms with Gasteiger partial charge in [0.2, 0.25) is 5.91 Å². The number of benzene rings is 3. The van der Waals surface area contributed by atoms with Crippen molar-refractivity contribution in [1.82, 2.24) is 9.47 Å². The lowest BCUT2D eigenvalue weighted by Crippen LogP contribution is -2.48. The number of para-hydroxylation sites is 3. The number of nitrogens with zero attached hydrogens (tertiary/aromatic N) is 3. The molecule has 1 aliphatic rings. The maximum Gasteiger partial charge on any atom is 0.258 e. The van der Waals surface area contributed by atoms with E-state index in [2.05, 4.69) is 0 Å². The van der Waals surface area contributed by atoms with Crippen LogP contribution in [0, 0.1) is 5.82 Å². The molecule has 1 atom stereocenters. The van der Waals surface area contributed by atoms with Crippen molar-refractivity contribution >= 4 is 17.5 Å². The quantitative estimate of drug-likeness (QED) is 0.348. The molecule has 0 bridgehead atoms. The molecule has 7 heteroatoms. The molecule has 1 unspecified atom stereocenters. The first-order valence-corrected chi connectivity index (χ1v) is 12.2. The highest BCUT2D eigenvalue weighted by atomic mass is 19.1. The Labute approximate surface area is 215 Å². The second-order valence-electron chi connectivity index (χ2n) is 9.24. The molecule has 0 spiro atoms. The van der Waals surface area contributed by atoms with Crippen molar-refractivity contribution in [2.24, 2.45) is 0 Å². The number of carbonyl (C=O) groups excluding carboxylic acids is 2. The molecule has 0 saturated heterocycles. The average Bonchev–Trinajstić information content (AvgIpc) is 3.41. The van der Waals surface area contributed by atoms with Crippen LogP contribution in [0.3, 0.4) is 0 Å². The van der Waals surface area contributed by atoms with Crippen LogP contribution in [0.4, 0.5) is 10.1 Å². The summed E-state index contributed by atoms with van der Waals surface area (Å²) in [4.78, 5) is 31.0. The van der Waals surface area contributed by atoms with Gasteiger partial charge in [-0.05, 0) is 67.9 Å². The van der Waals surface area contributed by atoms with Crippen molar-refractivity contribution in [1.29, 1.82) is 0 Å². The third-order valence-electron chi connectivity index (χ3n) is 6.70. The van der Waals surface area contributed by atoms with Gasteiger partial charge in [-0.15, -0.1) is 0 Å². The van der Waals surface area contributed by atoms with Crippen LogP contribution in [0.5, 0.6) is 5.75 Å². The third kappa shape index (κ3) is 4.37. The third-order valence-corrected chi connectivity index (χ3v) is 6.70. The number of amides is 2. The van der Waals surface area contributed by atoms with Gasteiger partial charge >= 0.3 is 0 Å². The number of hydrogen-bond acceptors (Lipinski definition) is 3. The molecule has 1 aromatic heterocycles. The maximum atomic E-state index is 14.2. The van der Waals surface area contributed by atoms with E-state index in [4.69, 9.17) is 4.74 Å². The number of ether oxygens (including phenoxy) is 1. The maximum absolute atomic E-state index is 14.2. The van der Waals surface area contributed by atoms with E-state index in [1.165, 1.54) is 19.2 Å². The van der Waals surface area contributed by atoms with Gasteiger partial charge in [0, 0.05) is 12.2 Å². The zero-order valence-electron chi connectivity index (χ0n) is 21.0. The Hall–Kier alpha value is -4.39. The SMILES string of the molecule is COc1ccccc1C(=O)N(CC(=O)N1c2ccccc2-n2cccc2C1c1ccc(F)cc1)C(C)C. The number of hydrogen-bond donors (Lipinski definition) is 0. The van der Waals surface area contributed by atoms with Crippen molar-refractivity contribution in [2.45, 2.75) is 25.9 Å². The number of methoxy groups -OCH3 is 1. The number of rotatable bonds is 6. The van der Waals surface area contributed by atoms with E-state index in [0.717, 1.165) is 22.6 Å². The zero-order chi connectivity index (χ0) is 26.1. The van der Waals surface area contributed by atoms with Gasteiger partial charge in [0.15, 0.2) is 0 Å². The molecule has 2 amide bonds. The molecule has 0 N–H and O–H groups in total. The Morgan fingerprint density at radius 3 is 2.30 bits per heavy atom. The van der Waals surface area contributed by atoms with Gasteiger partial charge in [-0.25, -0.2) is 4.39 Å². The van der Waals surface area contributed by atoms with E-state index in [0.29, 0.717) is 11.3 Å². The van der Waals surface area contributed by atoms with E-state index in [1.54, 1.807) is 46.2 Å². The highest BCUT2D eigenvalue weighted by molar-refractivity contribution is 6.03. The minimum Gasteiger partial charge on any atom is -0.496 e. The Morgan fingerprint density at radius 2 is 1.59 bits per heavy atom. The largest absolute Gasteiger partial charge is 0.496 e. The molecular formula is C30H28FN3O3. The number of fused-ring (bicyclic) bond motifs is 3. The summed E-state index contributed by atoms with van der Waals surface area (Å²) in [7, 11) is 1.52. The van der Waals surface area contributed by atoms with Crippen LogP contribution in [-0.2, 0) is 4.79 Å². The Balaban J connectivity index is 1.57. The standard InChI is InChI=1S/C30H28FN3O3/c1-20(2)33(30(36)23-9-4-7-13-27(23)37-3)19-28(35)34-25-11-6-5-10-24(25)32-18-8-12-26(32)29(34)21-14-16-22(31)17-15-21/h4-18,20,29H,19H2,1-3H3. The van der Waals surface area contributed by atoms with Crippen molar-refractivity contribution in [3.8, 4) is 11.4 Å². The molecule has 0 radical (unpaired) electrons. The molecule has 0 fully saturated rings. The highest BCUT2D eigenvalue weighted by Crippen LogP contribution is 2.42. The number of aromatic nitrogens is 1. The van der Waals surface area contributed by atoms with E-state index in [-0.39, 0.29) is 30.2 Å². The topological polar surface area (TPSA) is 54.8 Å². The van der Waals surface area contributed by atoms with Crippen LogP contribution in [0.15, 0.2) is 91.1 Å². The van der Waals surface area contributed by atoms with Gasteiger partial charge < -0.3 is 14.2 Å². The fourth-order valence-electron chi connectivity index (χ4n) is 4.91. The van der Waals surface area contributed by atoms with Gasteiger partial charge in [-0.2, -0.15) is 0 Å². The first-order valence-electron chi connectivity index (χ1n) is 12.2. The number of anilines is 1. The summed E-state index contributed by atoms with van der Waals surface area (Å²) in [6.07, 6.45) is 1.96. The van der Waals surface area contributed by atoms with E-state index < -0.39 is 6.04 Å². The minimum absolute atomic E-state index is 0.138. The fourth-order valence-corrected chi connectivity index (χ4v) is 4.91. The number of carbonyl (C=O) groups is 2. The van der Waals surface area contributed by atoms with Crippen LogP contribution >= 0.6 is 0 Å². The van der Waals surface area contributed by atoms with Crippen LogP contribution < -0.4 is 9.64 Å². The highest BCUT2D eigenvalue weighted by Gasteiger charge is 2.37. The van der Waals surface area contributed by atoms with Gasteiger partial charge in [0.05, 0.1) is 29.7 Å². The van der Waals surface area contributed by atoms with E-state index in [1.807, 2.05) is 61.0 Å². The van der Waals surface area contributed by atoms with Gasteiger partial charge in [0.25, 0.3) is 5.91 Å². The molecule has 6 nitrogen and oxygen atoms in total. The molecular weight excluding hydrogens is 469 g/mol. The average molecular weight is 498 g/mol. The van der Waals surface area contributed by atoms with Crippen LogP contribution in [0.25, 0.3) is 5.69 Å². The van der Waals surface area contributed by atoms with Gasteiger partial charge in [-0.1, -0.05) is 36.4 Å². The Kier molecular flexibility index (Phi) is 6.53. The molecule has 5 rings (SSSR count). The normalized spacial score (nSPS) is 14.2. The fraction of sp³-hybridized carbons (Fsp3) is 0.200. The molecule has 3 aromatic carbocycles. The molecule has 0 aliphatic carbocycles. The smallest absolute Gasteiger partial charge is 0.258 e. The van der Waals surface area contributed by atoms with E-state index >= 15 is 0 Å². The molecule has 1 aliphatic heterocycles. The minimum atomic E-state index is -0.492. The lowest BCUT2D eigenvalue weighted by Gasteiger charge is -2.40. The predicted molar refractivity (Wildman–Crippen MR) is 141 cm³/mol. The van der Waals surface area contributed by atoms with Crippen molar-refractivity contribution < 1.29 is 18.7 Å². The molecule has 0 saturated carbocycles. The predicted octanol–water partition coefficient (Wildman–Crippen LogP) is 5.61. The van der Waals surface area contributed by atoms with Crippen LogP contribution in [0.2, 0.25) is 0 Å². The first kappa shape index (κ1) is 24.3. The lowest BCUT2D eigenvalue weighted by atomic mass is 9.97. The summed E-state index contributed by atoms with van der Waals surface area (Å²) in [5.74, 6) is -0.420. The van der Waals surface area contributed by atoms with Gasteiger partial charge in [0.1, 0.15) is 24.2 Å². The Bertz CT molecular complexity index is 1440. The summed E-state index contributed by atoms with van der Waals surface area (Å²) in [6, 6.07) is 24.0. The van der Waals surface area contributed by atoms with Crippen LogP contribution in [-0.4, -0.2) is 41.0 Å². The van der Waals surface area contributed by atoms with Crippen LogP contribution in [0.1, 0.15) is 41.5 Å². The monoisotopic (exact) mass is 497 g/mol.